The van der Waals surface area contributed by atoms with E-state index in [2.05, 4.69) is 15.5 Å². The molecule has 1 atom stereocenters. The van der Waals surface area contributed by atoms with Crippen LogP contribution in [0.5, 0.6) is 0 Å². The van der Waals surface area contributed by atoms with Gasteiger partial charge in [-0.1, -0.05) is 13.3 Å². The first-order valence-corrected chi connectivity index (χ1v) is 5.35. The van der Waals surface area contributed by atoms with E-state index in [1.165, 1.54) is 0 Å². The van der Waals surface area contributed by atoms with Crippen molar-refractivity contribution in [3.63, 3.8) is 0 Å². The van der Waals surface area contributed by atoms with Gasteiger partial charge < -0.3 is 16.2 Å². The van der Waals surface area contributed by atoms with Crippen molar-refractivity contribution in [1.29, 1.82) is 0 Å². The number of nitrogens with two attached hydrogens (primary N) is 1. The van der Waals surface area contributed by atoms with Crippen LogP contribution in [0.2, 0.25) is 0 Å². The Morgan fingerprint density at radius 1 is 1.65 bits per heavy atom. The minimum absolute atomic E-state index is 0.360. The van der Waals surface area contributed by atoms with Crippen molar-refractivity contribution in [2.45, 2.75) is 32.2 Å². The van der Waals surface area contributed by atoms with Crippen LogP contribution in [0.1, 0.15) is 25.5 Å². The van der Waals surface area contributed by atoms with Gasteiger partial charge in [0, 0.05) is 11.8 Å². The number of hydrogen-bond donors (Lipinski definition) is 4. The summed E-state index contributed by atoms with van der Waals surface area (Å²) in [7, 11) is 0. The van der Waals surface area contributed by atoms with Crippen LogP contribution in [0.3, 0.4) is 0 Å². The molecule has 0 bridgehead atoms. The summed E-state index contributed by atoms with van der Waals surface area (Å²) in [5.74, 6) is -1.30. The molecule has 1 heterocycles. The van der Waals surface area contributed by atoms with Gasteiger partial charge in [0.05, 0.1) is 12.5 Å². The number of carbonyl (C=O) groups is 2. The molecule has 0 saturated carbocycles. The molecule has 0 aromatic carbocycles. The zero-order valence-electron chi connectivity index (χ0n) is 9.56. The van der Waals surface area contributed by atoms with E-state index >= 15 is 0 Å². The maximum Gasteiger partial charge on any atom is 0.305 e. The number of H-pyrrole nitrogens is 1. The van der Waals surface area contributed by atoms with Gasteiger partial charge in [-0.15, -0.1) is 0 Å². The minimum Gasteiger partial charge on any atom is -0.481 e. The lowest BCUT2D eigenvalue weighted by Gasteiger charge is -2.07. The molecular formula is C10H16N4O3. The van der Waals surface area contributed by atoms with Crippen LogP contribution in [0.15, 0.2) is 6.07 Å². The van der Waals surface area contributed by atoms with Crippen LogP contribution < -0.4 is 11.1 Å². The number of anilines is 1. The SMILES string of the molecule is CCCc1cc(NC(=O)C(N)CC(=O)O)n[nH]1. The first-order chi connectivity index (χ1) is 8.02. The molecule has 0 aliphatic carbocycles. The molecule has 1 unspecified atom stereocenters. The van der Waals surface area contributed by atoms with E-state index in [0.717, 1.165) is 18.5 Å². The molecule has 0 aliphatic heterocycles. The molecule has 1 aromatic heterocycles. The Balaban J connectivity index is 2.52. The van der Waals surface area contributed by atoms with Crippen molar-refractivity contribution < 1.29 is 14.7 Å². The summed E-state index contributed by atoms with van der Waals surface area (Å²) in [6.07, 6.45) is 1.40. The van der Waals surface area contributed by atoms with Gasteiger partial charge in [-0.05, 0) is 6.42 Å². The highest BCUT2D eigenvalue weighted by atomic mass is 16.4. The van der Waals surface area contributed by atoms with Gasteiger partial charge in [0.15, 0.2) is 5.82 Å². The van der Waals surface area contributed by atoms with Gasteiger partial charge in [-0.3, -0.25) is 14.7 Å². The van der Waals surface area contributed by atoms with E-state index in [1.54, 1.807) is 6.07 Å². The Bertz CT molecular complexity index is 402. The third-order valence-electron chi connectivity index (χ3n) is 2.13. The predicted molar refractivity (Wildman–Crippen MR) is 61.4 cm³/mol. The maximum absolute atomic E-state index is 11.5. The summed E-state index contributed by atoms with van der Waals surface area (Å²) in [6, 6.07) is 0.633. The number of rotatable bonds is 6. The minimum atomic E-state index is -1.11. The molecule has 0 fully saturated rings. The van der Waals surface area contributed by atoms with E-state index in [9.17, 15) is 9.59 Å². The number of nitrogens with zero attached hydrogens (tertiary/aromatic N) is 1. The normalized spacial score (nSPS) is 12.1. The number of aromatic amines is 1. The van der Waals surface area contributed by atoms with Crippen molar-refractivity contribution in [2.24, 2.45) is 5.73 Å². The predicted octanol–water partition coefficient (Wildman–Crippen LogP) is 0.103. The van der Waals surface area contributed by atoms with Gasteiger partial charge in [-0.2, -0.15) is 5.10 Å². The number of aliphatic carboxylic acids is 1. The molecule has 17 heavy (non-hydrogen) atoms. The number of carboxylic acids is 1. The van der Waals surface area contributed by atoms with E-state index in [0.29, 0.717) is 5.82 Å². The van der Waals surface area contributed by atoms with Crippen LogP contribution in [-0.4, -0.2) is 33.2 Å². The second-order valence-corrected chi connectivity index (χ2v) is 3.72. The van der Waals surface area contributed by atoms with Crippen LogP contribution in [0.4, 0.5) is 5.82 Å². The molecular weight excluding hydrogens is 224 g/mol. The largest absolute Gasteiger partial charge is 0.481 e. The number of aromatic nitrogens is 2. The van der Waals surface area contributed by atoms with Gasteiger partial charge in [-0.25, -0.2) is 0 Å². The Morgan fingerprint density at radius 2 is 2.35 bits per heavy atom. The summed E-state index contributed by atoms with van der Waals surface area (Å²) in [5.41, 5.74) is 6.31. The quantitative estimate of drug-likeness (QED) is 0.562. The molecule has 0 radical (unpaired) electrons. The summed E-state index contributed by atoms with van der Waals surface area (Å²) >= 11 is 0. The van der Waals surface area contributed by atoms with Gasteiger partial charge in [0.1, 0.15) is 0 Å². The number of hydrogen-bond acceptors (Lipinski definition) is 4. The summed E-state index contributed by atoms with van der Waals surface area (Å²) in [6.45, 7) is 2.03. The van der Waals surface area contributed by atoms with Crippen molar-refractivity contribution >= 4 is 17.7 Å². The second-order valence-electron chi connectivity index (χ2n) is 3.72. The second kappa shape index (κ2) is 6.00. The Hall–Kier alpha value is -1.89. The molecule has 0 aliphatic rings. The van der Waals surface area contributed by atoms with E-state index in [4.69, 9.17) is 10.8 Å². The van der Waals surface area contributed by atoms with Crippen LogP contribution >= 0.6 is 0 Å². The first kappa shape index (κ1) is 13.2. The molecule has 0 saturated heterocycles. The lowest BCUT2D eigenvalue weighted by Crippen LogP contribution is -2.37. The molecule has 7 nitrogen and oxygen atoms in total. The molecule has 7 heteroatoms. The standard InChI is InChI=1S/C10H16N4O3/c1-2-3-6-4-8(14-13-6)12-10(17)7(11)5-9(15)16/h4,7H,2-3,5,11H2,1H3,(H,15,16)(H2,12,13,14,17). The topological polar surface area (TPSA) is 121 Å². The molecule has 5 N–H and O–H groups in total. The monoisotopic (exact) mass is 240 g/mol. The number of nitrogens with one attached hydrogen (secondary N) is 2. The Morgan fingerprint density at radius 3 is 2.94 bits per heavy atom. The lowest BCUT2D eigenvalue weighted by molar-refractivity contribution is -0.138. The molecule has 0 spiro atoms. The van der Waals surface area contributed by atoms with Crippen molar-refractivity contribution in [2.75, 3.05) is 5.32 Å². The van der Waals surface area contributed by atoms with Crippen molar-refractivity contribution in [3.8, 4) is 0 Å². The zero-order chi connectivity index (χ0) is 12.8. The van der Waals surface area contributed by atoms with Gasteiger partial charge in [0.2, 0.25) is 5.91 Å². The molecule has 1 amide bonds. The average molecular weight is 240 g/mol. The molecule has 1 rings (SSSR count). The van der Waals surface area contributed by atoms with Gasteiger partial charge in [0.25, 0.3) is 0 Å². The molecule has 94 valence electrons. The number of carboxylic acid groups (broad SMARTS) is 1. The lowest BCUT2D eigenvalue weighted by atomic mass is 10.2. The van der Waals surface area contributed by atoms with E-state index in [-0.39, 0.29) is 0 Å². The smallest absolute Gasteiger partial charge is 0.305 e. The number of aryl methyl sites for hydroxylation is 1. The highest BCUT2D eigenvalue weighted by Gasteiger charge is 2.17. The molecule has 1 aromatic rings. The number of amides is 1. The van der Waals surface area contributed by atoms with E-state index in [1.807, 2.05) is 6.92 Å². The average Bonchev–Trinajstić information content (AvgIpc) is 2.65. The Labute approximate surface area is 98.4 Å². The zero-order valence-corrected chi connectivity index (χ0v) is 9.56. The van der Waals surface area contributed by atoms with Crippen LogP contribution in [0, 0.1) is 0 Å². The third-order valence-corrected chi connectivity index (χ3v) is 2.13. The fourth-order valence-electron chi connectivity index (χ4n) is 1.32. The highest BCUT2D eigenvalue weighted by Crippen LogP contribution is 2.07. The fraction of sp³-hybridized carbons (Fsp3) is 0.500. The van der Waals surface area contributed by atoms with Crippen molar-refractivity contribution in [3.05, 3.63) is 11.8 Å². The highest BCUT2D eigenvalue weighted by molar-refractivity contribution is 5.95. The summed E-state index contributed by atoms with van der Waals surface area (Å²) in [4.78, 5) is 21.8. The summed E-state index contributed by atoms with van der Waals surface area (Å²) < 4.78 is 0. The third kappa shape index (κ3) is 4.23. The first-order valence-electron chi connectivity index (χ1n) is 5.35. The Kier molecular flexibility index (Phi) is 4.65. The van der Waals surface area contributed by atoms with Crippen LogP contribution in [0.25, 0.3) is 0 Å². The van der Waals surface area contributed by atoms with Gasteiger partial charge >= 0.3 is 5.97 Å². The summed E-state index contributed by atoms with van der Waals surface area (Å²) in [5, 5.41) is 17.6. The van der Waals surface area contributed by atoms with E-state index < -0.39 is 24.3 Å². The maximum atomic E-state index is 11.5. The number of carbonyl (C=O) groups excluding carboxylic acids is 1. The van der Waals surface area contributed by atoms with Crippen molar-refractivity contribution in [1.82, 2.24) is 10.2 Å². The fourth-order valence-corrected chi connectivity index (χ4v) is 1.32. The van der Waals surface area contributed by atoms with Crippen LogP contribution in [-0.2, 0) is 16.0 Å².